The molecule has 5 rings (SSSR count). The van der Waals surface area contributed by atoms with Crippen molar-refractivity contribution >= 4 is 35.1 Å². The van der Waals surface area contributed by atoms with E-state index in [-0.39, 0.29) is 41.2 Å². The molecule has 1 aromatic heterocycles. The number of amides is 2. The minimum absolute atomic E-state index is 0.00206. The van der Waals surface area contributed by atoms with Gasteiger partial charge in [-0.1, -0.05) is 37.6 Å². The van der Waals surface area contributed by atoms with Crippen molar-refractivity contribution in [1.82, 2.24) is 20.2 Å². The number of carbonyl (C=O) groups excluding carboxylic acids is 2. The summed E-state index contributed by atoms with van der Waals surface area (Å²) in [5.41, 5.74) is 0.766. The number of benzene rings is 1. The molecule has 2 amide bonds. The lowest BCUT2D eigenvalue weighted by molar-refractivity contribution is -0.156. The van der Waals surface area contributed by atoms with E-state index in [9.17, 15) is 22.8 Å². The lowest BCUT2D eigenvalue weighted by Crippen LogP contribution is -2.58. The van der Waals surface area contributed by atoms with Crippen molar-refractivity contribution in [2.24, 2.45) is 0 Å². The van der Waals surface area contributed by atoms with Gasteiger partial charge in [-0.15, -0.1) is 0 Å². The van der Waals surface area contributed by atoms with Crippen LogP contribution in [0.3, 0.4) is 0 Å². The van der Waals surface area contributed by atoms with Crippen molar-refractivity contribution in [3.8, 4) is 0 Å². The quantitative estimate of drug-likeness (QED) is 0.563. The number of nitrogens with one attached hydrogen (secondary N) is 2. The standard InChI is InChI=1S/C26H30ClF3N6O2/c1-14(2)31-10-19(15-3-5-16(27)6-4-15)25(38)36-17-7-8-18(36)12-35(11-17)24-22-20(26(28,29)30)9-21(37)34-23(22)32-13-33-24/h3-6,13-14,17-20,31H,7-12H2,1-2H3,(H,32,33,34,37)/t17?,18?,19-,20-/m1/s1. The third-order valence-electron chi connectivity index (χ3n) is 7.59. The summed E-state index contributed by atoms with van der Waals surface area (Å²) in [5.74, 6) is -3.03. The van der Waals surface area contributed by atoms with E-state index in [1.807, 2.05) is 35.8 Å². The SMILES string of the molecule is CC(C)NC[C@@H](C(=O)N1C2CCC1CN(c1ncnc3c1[C@H](C(F)(F)F)CC(=O)N3)C2)c1ccc(Cl)cc1. The summed E-state index contributed by atoms with van der Waals surface area (Å²) in [6.45, 7) is 5.21. The highest BCUT2D eigenvalue weighted by Crippen LogP contribution is 2.47. The van der Waals surface area contributed by atoms with Gasteiger partial charge in [-0.3, -0.25) is 9.59 Å². The summed E-state index contributed by atoms with van der Waals surface area (Å²) in [6, 6.07) is 7.14. The zero-order valence-corrected chi connectivity index (χ0v) is 21.9. The van der Waals surface area contributed by atoms with E-state index >= 15 is 0 Å². The number of fused-ring (bicyclic) bond motifs is 3. The average Bonchev–Trinajstić information content (AvgIpc) is 3.12. The molecule has 4 atom stereocenters. The molecule has 38 heavy (non-hydrogen) atoms. The predicted octanol–water partition coefficient (Wildman–Crippen LogP) is 4.08. The van der Waals surface area contributed by atoms with Crippen molar-refractivity contribution in [3.63, 3.8) is 0 Å². The van der Waals surface area contributed by atoms with Gasteiger partial charge in [0.05, 0.1) is 17.4 Å². The topological polar surface area (TPSA) is 90.5 Å². The zero-order valence-electron chi connectivity index (χ0n) is 21.1. The molecule has 1 aromatic carbocycles. The van der Waals surface area contributed by atoms with Gasteiger partial charge in [-0.25, -0.2) is 9.97 Å². The van der Waals surface area contributed by atoms with Gasteiger partial charge in [0, 0.05) is 49.2 Å². The highest BCUT2D eigenvalue weighted by molar-refractivity contribution is 6.30. The molecule has 3 aliphatic rings. The van der Waals surface area contributed by atoms with E-state index in [4.69, 9.17) is 11.6 Å². The van der Waals surface area contributed by atoms with Gasteiger partial charge in [0.25, 0.3) is 0 Å². The van der Waals surface area contributed by atoms with Crippen LogP contribution in [0.5, 0.6) is 0 Å². The fourth-order valence-electron chi connectivity index (χ4n) is 5.82. The first-order valence-corrected chi connectivity index (χ1v) is 13.2. The smallest absolute Gasteiger partial charge is 0.352 e. The third kappa shape index (κ3) is 5.18. The Morgan fingerprint density at radius 1 is 1.16 bits per heavy atom. The molecular formula is C26H30ClF3N6O2. The van der Waals surface area contributed by atoms with Gasteiger partial charge < -0.3 is 20.4 Å². The first-order valence-electron chi connectivity index (χ1n) is 12.8. The van der Waals surface area contributed by atoms with E-state index in [1.165, 1.54) is 6.33 Å². The second-order valence-electron chi connectivity index (χ2n) is 10.5. The molecular weight excluding hydrogens is 521 g/mol. The number of alkyl halides is 3. The Labute approximate surface area is 223 Å². The van der Waals surface area contributed by atoms with Crippen LogP contribution in [0.4, 0.5) is 24.8 Å². The first kappa shape index (κ1) is 26.7. The molecule has 8 nitrogen and oxygen atoms in total. The van der Waals surface area contributed by atoms with Gasteiger partial charge in [-0.2, -0.15) is 13.2 Å². The molecule has 2 N–H and O–H groups in total. The lowest BCUT2D eigenvalue weighted by atomic mass is 9.91. The van der Waals surface area contributed by atoms with Crippen LogP contribution in [0, 0.1) is 0 Å². The predicted molar refractivity (Wildman–Crippen MR) is 137 cm³/mol. The van der Waals surface area contributed by atoms with Crippen LogP contribution < -0.4 is 15.5 Å². The van der Waals surface area contributed by atoms with E-state index in [0.717, 1.165) is 18.4 Å². The summed E-state index contributed by atoms with van der Waals surface area (Å²) in [7, 11) is 0. The molecule has 2 aromatic rings. The summed E-state index contributed by atoms with van der Waals surface area (Å²) in [6.07, 6.45) is -2.62. The molecule has 4 heterocycles. The minimum Gasteiger partial charge on any atom is -0.352 e. The molecule has 2 unspecified atom stereocenters. The second kappa shape index (κ2) is 10.3. The second-order valence-corrected chi connectivity index (χ2v) is 10.9. The molecule has 2 fully saturated rings. The fraction of sp³-hybridized carbons (Fsp3) is 0.538. The molecule has 0 spiro atoms. The average molecular weight is 551 g/mol. The van der Waals surface area contributed by atoms with Gasteiger partial charge >= 0.3 is 6.18 Å². The van der Waals surface area contributed by atoms with Crippen LogP contribution in [0.15, 0.2) is 30.6 Å². The minimum atomic E-state index is -4.61. The molecule has 0 radical (unpaired) electrons. The molecule has 0 aliphatic carbocycles. The summed E-state index contributed by atoms with van der Waals surface area (Å²) in [5, 5.41) is 6.43. The number of aromatic nitrogens is 2. The van der Waals surface area contributed by atoms with E-state index < -0.39 is 30.3 Å². The molecule has 3 aliphatic heterocycles. The van der Waals surface area contributed by atoms with Crippen LogP contribution in [0.25, 0.3) is 0 Å². The van der Waals surface area contributed by atoms with Crippen molar-refractivity contribution in [2.45, 2.75) is 69.2 Å². The number of rotatable bonds is 6. The van der Waals surface area contributed by atoms with Gasteiger partial charge in [0.2, 0.25) is 11.8 Å². The van der Waals surface area contributed by atoms with Crippen LogP contribution >= 0.6 is 11.6 Å². The Kier molecular flexibility index (Phi) is 7.25. The molecule has 0 saturated carbocycles. The van der Waals surface area contributed by atoms with Crippen LogP contribution in [-0.4, -0.2) is 70.6 Å². The Hall–Kier alpha value is -2.92. The van der Waals surface area contributed by atoms with E-state index in [0.29, 0.717) is 24.7 Å². The number of halogens is 4. The highest BCUT2D eigenvalue weighted by Gasteiger charge is 2.50. The van der Waals surface area contributed by atoms with Crippen molar-refractivity contribution in [3.05, 3.63) is 46.7 Å². The largest absolute Gasteiger partial charge is 0.396 e. The number of hydrogen-bond donors (Lipinski definition) is 2. The monoisotopic (exact) mass is 550 g/mol. The van der Waals surface area contributed by atoms with Crippen LogP contribution in [-0.2, 0) is 9.59 Å². The molecule has 12 heteroatoms. The van der Waals surface area contributed by atoms with Crippen molar-refractivity contribution in [2.75, 3.05) is 29.9 Å². The lowest BCUT2D eigenvalue weighted by Gasteiger charge is -2.44. The number of anilines is 2. The van der Waals surface area contributed by atoms with Crippen LogP contribution in [0.2, 0.25) is 5.02 Å². The summed E-state index contributed by atoms with van der Waals surface area (Å²) < 4.78 is 41.9. The maximum Gasteiger partial charge on any atom is 0.396 e. The number of hydrogen-bond acceptors (Lipinski definition) is 6. The van der Waals surface area contributed by atoms with Crippen molar-refractivity contribution < 1.29 is 22.8 Å². The highest BCUT2D eigenvalue weighted by atomic mass is 35.5. The Bertz CT molecular complexity index is 1190. The molecule has 204 valence electrons. The zero-order chi connectivity index (χ0) is 27.2. The third-order valence-corrected chi connectivity index (χ3v) is 7.84. The Morgan fingerprint density at radius 3 is 2.42 bits per heavy atom. The first-order chi connectivity index (χ1) is 18.0. The number of nitrogens with zero attached hydrogens (tertiary/aromatic N) is 4. The van der Waals surface area contributed by atoms with E-state index in [1.54, 1.807) is 12.1 Å². The number of piperazine rings is 1. The van der Waals surface area contributed by atoms with Crippen molar-refractivity contribution in [1.29, 1.82) is 0 Å². The fourth-order valence-corrected chi connectivity index (χ4v) is 5.95. The maximum absolute atomic E-state index is 14.0. The van der Waals surface area contributed by atoms with Crippen LogP contribution in [0.1, 0.15) is 56.1 Å². The molecule has 2 bridgehead atoms. The molecule has 2 saturated heterocycles. The summed E-state index contributed by atoms with van der Waals surface area (Å²) in [4.78, 5) is 37.9. The van der Waals surface area contributed by atoms with Gasteiger partial charge in [0.1, 0.15) is 18.0 Å². The Morgan fingerprint density at radius 2 is 1.82 bits per heavy atom. The number of carbonyl (C=O) groups is 2. The van der Waals surface area contributed by atoms with Gasteiger partial charge in [0.15, 0.2) is 0 Å². The van der Waals surface area contributed by atoms with Gasteiger partial charge in [-0.05, 0) is 30.5 Å². The summed E-state index contributed by atoms with van der Waals surface area (Å²) >= 11 is 6.08. The van der Waals surface area contributed by atoms with E-state index in [2.05, 4.69) is 20.6 Å². The Balaban J connectivity index is 1.42. The normalized spacial score (nSPS) is 23.9. The maximum atomic E-state index is 14.0.